The Kier molecular flexibility index (Phi) is 5.66. The minimum atomic E-state index is -1.19. The van der Waals surface area contributed by atoms with E-state index < -0.39 is 11.4 Å². The van der Waals surface area contributed by atoms with Crippen LogP contribution in [-0.4, -0.2) is 45.6 Å². The lowest BCUT2D eigenvalue weighted by Crippen LogP contribution is -2.58. The van der Waals surface area contributed by atoms with E-state index in [1.165, 1.54) is 0 Å². The molecular weight excluding hydrogens is 360 g/mol. The van der Waals surface area contributed by atoms with Gasteiger partial charge in [-0.1, -0.05) is 19.1 Å². The molecule has 0 aromatic heterocycles. The first kappa shape index (κ1) is 20.6. The van der Waals surface area contributed by atoms with Gasteiger partial charge in [0.05, 0.1) is 26.7 Å². The van der Waals surface area contributed by atoms with Crippen LogP contribution in [0, 0.1) is 5.92 Å². The smallest absolute Gasteiger partial charge is 0.209 e. The third-order valence-corrected chi connectivity index (χ3v) is 5.95. The molecule has 0 saturated carbocycles. The van der Waals surface area contributed by atoms with Crippen molar-refractivity contribution in [3.8, 4) is 11.5 Å². The molecule has 0 amide bonds. The monoisotopic (exact) mass is 388 g/mol. The van der Waals surface area contributed by atoms with Crippen molar-refractivity contribution < 1.29 is 28.5 Å². The molecule has 1 heterocycles. The molecule has 4 atom stereocenters. The maximum absolute atomic E-state index is 12.7. The zero-order chi connectivity index (χ0) is 20.5. The first-order valence-electron chi connectivity index (χ1n) is 9.27. The van der Waals surface area contributed by atoms with Gasteiger partial charge in [0.25, 0.3) is 0 Å². The van der Waals surface area contributed by atoms with Crippen LogP contribution in [0.5, 0.6) is 11.5 Å². The fourth-order valence-corrected chi connectivity index (χ4v) is 4.45. The van der Waals surface area contributed by atoms with E-state index in [0.29, 0.717) is 23.5 Å². The largest absolute Gasteiger partial charge is 0.493 e. The van der Waals surface area contributed by atoms with Crippen molar-refractivity contribution in [3.05, 3.63) is 48.1 Å². The first-order valence-corrected chi connectivity index (χ1v) is 9.27. The number of ketones is 1. The Balaban J connectivity index is 2.10. The number of benzene rings is 1. The molecule has 0 spiro atoms. The quantitative estimate of drug-likeness (QED) is 0.665. The zero-order valence-electron chi connectivity index (χ0n) is 17.1. The summed E-state index contributed by atoms with van der Waals surface area (Å²) in [5.41, 5.74) is 0.678. The topological polar surface area (TPSA) is 63.2 Å². The highest BCUT2D eigenvalue weighted by molar-refractivity contribution is 5.97. The lowest BCUT2D eigenvalue weighted by atomic mass is 9.72. The molecule has 1 aliphatic heterocycles. The molecule has 1 saturated heterocycles. The summed E-state index contributed by atoms with van der Waals surface area (Å²) in [5, 5.41) is 0. The summed E-state index contributed by atoms with van der Waals surface area (Å²) < 4.78 is 29.0. The van der Waals surface area contributed by atoms with Gasteiger partial charge in [-0.3, -0.25) is 4.79 Å². The molecule has 2 aliphatic rings. The van der Waals surface area contributed by atoms with Crippen molar-refractivity contribution in [2.24, 2.45) is 5.92 Å². The molecule has 0 N–H and O–H groups in total. The molecule has 0 bridgehead atoms. The van der Waals surface area contributed by atoms with Crippen LogP contribution in [0.15, 0.2) is 42.5 Å². The molecule has 28 heavy (non-hydrogen) atoms. The van der Waals surface area contributed by atoms with Crippen LogP contribution in [-0.2, 0) is 19.0 Å². The van der Waals surface area contributed by atoms with Gasteiger partial charge in [-0.05, 0) is 35.8 Å². The maximum Gasteiger partial charge on any atom is 0.209 e. The molecular formula is C22H28O6. The fourth-order valence-electron chi connectivity index (χ4n) is 4.45. The Bertz CT molecular complexity index is 800. The van der Waals surface area contributed by atoms with E-state index in [0.717, 1.165) is 5.56 Å². The van der Waals surface area contributed by atoms with Gasteiger partial charge in [-0.25, -0.2) is 0 Å². The summed E-state index contributed by atoms with van der Waals surface area (Å²) in [7, 11) is 6.37. The van der Waals surface area contributed by atoms with Crippen molar-refractivity contribution in [2.45, 2.75) is 37.3 Å². The van der Waals surface area contributed by atoms with Crippen LogP contribution >= 0.6 is 0 Å². The van der Waals surface area contributed by atoms with Gasteiger partial charge in [0.2, 0.25) is 5.79 Å². The van der Waals surface area contributed by atoms with Crippen LogP contribution < -0.4 is 9.47 Å². The molecule has 152 valence electrons. The van der Waals surface area contributed by atoms with E-state index in [2.05, 4.69) is 6.58 Å². The minimum absolute atomic E-state index is 0.0189. The molecule has 1 aliphatic carbocycles. The average Bonchev–Trinajstić information content (AvgIpc) is 2.97. The van der Waals surface area contributed by atoms with Crippen LogP contribution in [0.4, 0.5) is 0 Å². The summed E-state index contributed by atoms with van der Waals surface area (Å²) in [6.07, 6.45) is 3.81. The third-order valence-electron chi connectivity index (χ3n) is 5.95. The summed E-state index contributed by atoms with van der Waals surface area (Å²) >= 11 is 0. The Morgan fingerprint density at radius 2 is 1.89 bits per heavy atom. The van der Waals surface area contributed by atoms with Gasteiger partial charge in [0.1, 0.15) is 5.60 Å². The number of rotatable bonds is 7. The van der Waals surface area contributed by atoms with Crippen LogP contribution in [0.3, 0.4) is 0 Å². The van der Waals surface area contributed by atoms with E-state index in [1.54, 1.807) is 34.5 Å². The number of methoxy groups -OCH3 is 4. The molecule has 6 nitrogen and oxygen atoms in total. The highest BCUT2D eigenvalue weighted by atomic mass is 16.7. The predicted molar refractivity (Wildman–Crippen MR) is 105 cm³/mol. The molecule has 1 aromatic rings. The van der Waals surface area contributed by atoms with Crippen molar-refractivity contribution in [1.82, 2.24) is 0 Å². The van der Waals surface area contributed by atoms with E-state index in [9.17, 15) is 4.79 Å². The third kappa shape index (κ3) is 2.87. The number of carbonyl (C=O) groups is 1. The highest BCUT2D eigenvalue weighted by Crippen LogP contribution is 2.57. The molecule has 6 heteroatoms. The van der Waals surface area contributed by atoms with Gasteiger partial charge in [-0.2, -0.15) is 0 Å². The molecule has 0 radical (unpaired) electrons. The summed E-state index contributed by atoms with van der Waals surface area (Å²) in [6.45, 7) is 5.80. The first-order chi connectivity index (χ1) is 13.4. The van der Waals surface area contributed by atoms with Crippen molar-refractivity contribution in [2.75, 3.05) is 28.4 Å². The Hall–Kier alpha value is -2.15. The maximum atomic E-state index is 12.7. The Morgan fingerprint density at radius 3 is 2.46 bits per heavy atom. The summed E-state index contributed by atoms with van der Waals surface area (Å²) in [6, 6.07) is 5.66. The van der Waals surface area contributed by atoms with E-state index in [4.69, 9.17) is 23.7 Å². The zero-order valence-corrected chi connectivity index (χ0v) is 17.1. The summed E-state index contributed by atoms with van der Waals surface area (Å²) in [4.78, 5) is 12.7. The average molecular weight is 388 g/mol. The van der Waals surface area contributed by atoms with Crippen LogP contribution in [0.25, 0.3) is 0 Å². The lowest BCUT2D eigenvalue weighted by Gasteiger charge is -2.44. The van der Waals surface area contributed by atoms with Gasteiger partial charge >= 0.3 is 0 Å². The van der Waals surface area contributed by atoms with E-state index in [-0.39, 0.29) is 24.2 Å². The van der Waals surface area contributed by atoms with Gasteiger partial charge in [0.15, 0.2) is 17.3 Å². The molecule has 1 fully saturated rings. The van der Waals surface area contributed by atoms with Gasteiger partial charge < -0.3 is 23.7 Å². The van der Waals surface area contributed by atoms with Crippen LogP contribution in [0.1, 0.15) is 31.4 Å². The number of Topliss-reactive ketones (excluding diaryl/α,β-unsaturated/α-hetero) is 1. The number of fused-ring (bicyclic) bond motifs is 1. The second kappa shape index (κ2) is 7.70. The number of carbonyl (C=O) groups excluding carboxylic acids is 1. The second-order valence-corrected chi connectivity index (χ2v) is 7.16. The Labute approximate surface area is 166 Å². The number of hydrogen-bond acceptors (Lipinski definition) is 6. The van der Waals surface area contributed by atoms with Crippen LogP contribution in [0.2, 0.25) is 0 Å². The number of ether oxygens (including phenoxy) is 5. The Morgan fingerprint density at radius 1 is 1.18 bits per heavy atom. The second-order valence-electron chi connectivity index (χ2n) is 7.16. The predicted octanol–water partition coefficient (Wildman–Crippen LogP) is 3.61. The van der Waals surface area contributed by atoms with Gasteiger partial charge in [-0.15, -0.1) is 6.58 Å². The minimum Gasteiger partial charge on any atom is -0.493 e. The van der Waals surface area contributed by atoms with Crippen molar-refractivity contribution in [3.63, 3.8) is 0 Å². The highest BCUT2D eigenvalue weighted by Gasteiger charge is 2.67. The van der Waals surface area contributed by atoms with Crippen molar-refractivity contribution >= 4 is 5.78 Å². The SMILES string of the molecule is C=CCC1=C[C@@]2(OC)[C@H](C)[C@@H](c3ccc(OC)c(OC)c3)O[C@@]2(OC)CC1=O. The van der Waals surface area contributed by atoms with E-state index in [1.807, 2.05) is 31.2 Å². The fraction of sp³-hybridized carbons (Fsp3) is 0.500. The van der Waals surface area contributed by atoms with E-state index >= 15 is 0 Å². The molecule has 3 rings (SSSR count). The normalized spacial score (nSPS) is 31.9. The lowest BCUT2D eigenvalue weighted by molar-refractivity contribution is -0.274. The molecule has 0 unspecified atom stereocenters. The number of hydrogen-bond donors (Lipinski definition) is 0. The van der Waals surface area contributed by atoms with Crippen molar-refractivity contribution in [1.29, 1.82) is 0 Å². The van der Waals surface area contributed by atoms with Gasteiger partial charge in [0, 0.05) is 20.1 Å². The molecule has 1 aromatic carbocycles. The summed E-state index contributed by atoms with van der Waals surface area (Å²) in [5.74, 6) is -0.0815. The standard InChI is InChI=1S/C22H28O6/c1-7-8-16-12-21(26-5)14(2)20(28-22(21,27-6)13-17(16)23)15-9-10-18(24-3)19(11-15)25-4/h7,9-12,14,20H,1,8,13H2,2-6H3/t14-,20+,21-,22+/m1/s1. The number of allylic oxidation sites excluding steroid dienone is 2.